The number of aromatic nitrogens is 1. The van der Waals surface area contributed by atoms with E-state index in [1.54, 1.807) is 42.2 Å². The molecule has 132 valence electrons. The number of pyridine rings is 1. The zero-order valence-electron chi connectivity index (χ0n) is 14.5. The van der Waals surface area contributed by atoms with Gasteiger partial charge in [0.05, 0.1) is 16.7 Å². The van der Waals surface area contributed by atoms with E-state index in [1.807, 2.05) is 48.5 Å². The molecule has 3 aromatic rings. The quantitative estimate of drug-likeness (QED) is 0.494. The minimum Gasteiger partial charge on any atom is -0.323 e. The van der Waals surface area contributed by atoms with Crippen LogP contribution in [0, 0.1) is 11.3 Å². The van der Waals surface area contributed by atoms with Gasteiger partial charge in [0.1, 0.15) is 0 Å². The average Bonchev–Trinajstić information content (AvgIpc) is 2.72. The minimum atomic E-state index is -0.239. The molecule has 0 saturated carbocycles. The van der Waals surface area contributed by atoms with E-state index in [2.05, 4.69) is 16.4 Å². The van der Waals surface area contributed by atoms with Gasteiger partial charge in [-0.05, 0) is 47.5 Å². The number of thioether (sulfide) groups is 1. The monoisotopic (exact) mass is 371 g/mol. The molecular formula is C22H17N3OS. The van der Waals surface area contributed by atoms with Crippen LogP contribution in [-0.4, -0.2) is 10.9 Å². The summed E-state index contributed by atoms with van der Waals surface area (Å²) in [5, 5.41) is 12.9. The first-order valence-electron chi connectivity index (χ1n) is 8.35. The lowest BCUT2D eigenvalue weighted by Gasteiger charge is -2.06. The zero-order chi connectivity index (χ0) is 18.9. The summed E-state index contributed by atoms with van der Waals surface area (Å²) >= 11 is 1.64. The molecule has 1 heterocycles. The smallest absolute Gasteiger partial charge is 0.248 e. The fourth-order valence-electron chi connectivity index (χ4n) is 2.42. The number of hydrogen-bond donors (Lipinski definition) is 1. The number of carbonyl (C=O) groups excluding carboxylic acids is 1. The summed E-state index contributed by atoms with van der Waals surface area (Å²) < 4.78 is 0. The third-order valence-corrected chi connectivity index (χ3v) is 4.73. The molecular weight excluding hydrogens is 354 g/mol. The maximum Gasteiger partial charge on any atom is 0.248 e. The number of carbonyl (C=O) groups is 1. The van der Waals surface area contributed by atoms with Crippen molar-refractivity contribution in [3.05, 3.63) is 95.7 Å². The number of anilines is 1. The molecule has 0 fully saturated rings. The van der Waals surface area contributed by atoms with E-state index in [0.29, 0.717) is 5.56 Å². The normalized spacial score (nSPS) is 10.5. The third-order valence-electron chi connectivity index (χ3n) is 3.71. The molecule has 5 heteroatoms. The van der Waals surface area contributed by atoms with Crippen molar-refractivity contribution < 1.29 is 4.79 Å². The maximum atomic E-state index is 12.2. The molecule has 0 saturated heterocycles. The van der Waals surface area contributed by atoms with Gasteiger partial charge in [-0.2, -0.15) is 5.26 Å². The summed E-state index contributed by atoms with van der Waals surface area (Å²) in [7, 11) is 0. The van der Waals surface area contributed by atoms with Gasteiger partial charge in [0.15, 0.2) is 0 Å². The summed E-state index contributed by atoms with van der Waals surface area (Å²) in [5.74, 6) is 0.531. The number of nitrogens with zero attached hydrogens (tertiary/aromatic N) is 2. The Hall–Kier alpha value is -3.36. The number of rotatable bonds is 6. The van der Waals surface area contributed by atoms with Crippen LogP contribution in [0.1, 0.15) is 16.7 Å². The van der Waals surface area contributed by atoms with Crippen LogP contribution in [0.5, 0.6) is 0 Å². The molecule has 0 unspecified atom stereocenters. The summed E-state index contributed by atoms with van der Waals surface area (Å²) in [5.41, 5.74) is 3.09. The Balaban J connectivity index is 1.61. The van der Waals surface area contributed by atoms with Crippen molar-refractivity contribution in [2.45, 2.75) is 10.8 Å². The van der Waals surface area contributed by atoms with Gasteiger partial charge < -0.3 is 5.32 Å². The number of nitrogens with one attached hydrogen (secondary N) is 1. The molecule has 27 heavy (non-hydrogen) atoms. The van der Waals surface area contributed by atoms with Gasteiger partial charge >= 0.3 is 0 Å². The van der Waals surface area contributed by atoms with E-state index in [4.69, 9.17) is 5.26 Å². The van der Waals surface area contributed by atoms with Gasteiger partial charge in [-0.3, -0.25) is 4.79 Å². The molecule has 3 rings (SSSR count). The highest BCUT2D eigenvalue weighted by molar-refractivity contribution is 7.98. The van der Waals surface area contributed by atoms with Gasteiger partial charge in [-0.15, -0.1) is 11.8 Å². The Kier molecular flexibility index (Phi) is 6.40. The molecule has 1 amide bonds. The average molecular weight is 371 g/mol. The molecule has 1 N–H and O–H groups in total. The van der Waals surface area contributed by atoms with Gasteiger partial charge in [-0.25, -0.2) is 4.98 Å². The van der Waals surface area contributed by atoms with Crippen LogP contribution >= 0.6 is 11.8 Å². The fourth-order valence-corrected chi connectivity index (χ4v) is 3.23. The van der Waals surface area contributed by atoms with Crippen LogP contribution in [0.2, 0.25) is 0 Å². The first kappa shape index (κ1) is 18.4. The van der Waals surface area contributed by atoms with E-state index in [1.165, 1.54) is 6.08 Å². The molecule has 0 aliphatic heterocycles. The summed E-state index contributed by atoms with van der Waals surface area (Å²) in [6.07, 6.45) is 4.86. The Labute approximate surface area is 162 Å². The van der Waals surface area contributed by atoms with Crippen molar-refractivity contribution >= 4 is 29.4 Å². The van der Waals surface area contributed by atoms with Gasteiger partial charge in [0.2, 0.25) is 5.91 Å². The van der Waals surface area contributed by atoms with Crippen LogP contribution in [0.3, 0.4) is 0 Å². The lowest BCUT2D eigenvalue weighted by atomic mass is 10.1. The lowest BCUT2D eigenvalue weighted by Crippen LogP contribution is -2.07. The van der Waals surface area contributed by atoms with Crippen LogP contribution in [-0.2, 0) is 10.5 Å². The van der Waals surface area contributed by atoms with Crippen LogP contribution in [0.15, 0.2) is 84.0 Å². The van der Waals surface area contributed by atoms with Gasteiger partial charge in [0, 0.05) is 23.7 Å². The number of amides is 1. The van der Waals surface area contributed by atoms with Gasteiger partial charge in [-0.1, -0.05) is 36.4 Å². The van der Waals surface area contributed by atoms with Crippen molar-refractivity contribution in [1.29, 1.82) is 5.26 Å². The second-order valence-corrected chi connectivity index (χ2v) is 6.67. The van der Waals surface area contributed by atoms with E-state index in [0.717, 1.165) is 27.6 Å². The second kappa shape index (κ2) is 9.37. The molecule has 4 nitrogen and oxygen atoms in total. The fraction of sp³-hybridized carbons (Fsp3) is 0.0455. The Morgan fingerprint density at radius 3 is 2.78 bits per heavy atom. The van der Waals surface area contributed by atoms with Crippen molar-refractivity contribution in [1.82, 2.24) is 4.98 Å². The Bertz CT molecular complexity index is 994. The van der Waals surface area contributed by atoms with E-state index in [9.17, 15) is 4.79 Å². The highest BCUT2D eigenvalue weighted by Gasteiger charge is 2.02. The highest BCUT2D eigenvalue weighted by atomic mass is 32.2. The Morgan fingerprint density at radius 2 is 1.96 bits per heavy atom. The molecule has 0 spiro atoms. The standard InChI is InChI=1S/C22H17N3OS/c23-15-19-8-2-1-7-18(19)11-12-21(26)25-20-9-5-6-17(14-20)16-27-22-10-3-4-13-24-22/h1-14H,16H2,(H,25,26)/b12-11+. The molecule has 0 aliphatic rings. The summed E-state index contributed by atoms with van der Waals surface area (Å²) in [4.78, 5) is 16.5. The molecule has 1 aromatic heterocycles. The second-order valence-electron chi connectivity index (χ2n) is 5.68. The SMILES string of the molecule is N#Cc1ccccc1/C=C/C(=O)Nc1cccc(CSc2ccccn2)c1. The predicted octanol–water partition coefficient (Wildman–Crippen LogP) is 4.90. The van der Waals surface area contributed by atoms with Crippen LogP contribution in [0.25, 0.3) is 6.08 Å². The first-order valence-corrected chi connectivity index (χ1v) is 9.34. The van der Waals surface area contributed by atoms with Gasteiger partial charge in [0.25, 0.3) is 0 Å². The van der Waals surface area contributed by atoms with Crippen LogP contribution < -0.4 is 5.32 Å². The van der Waals surface area contributed by atoms with Crippen molar-refractivity contribution in [2.75, 3.05) is 5.32 Å². The first-order chi connectivity index (χ1) is 13.2. The molecule has 2 aromatic carbocycles. The number of nitriles is 1. The Morgan fingerprint density at radius 1 is 1.11 bits per heavy atom. The lowest BCUT2D eigenvalue weighted by molar-refractivity contribution is -0.111. The summed E-state index contributed by atoms with van der Waals surface area (Å²) in [6.45, 7) is 0. The third kappa shape index (κ3) is 5.56. The zero-order valence-corrected chi connectivity index (χ0v) is 15.3. The molecule has 0 atom stereocenters. The number of benzene rings is 2. The van der Waals surface area contributed by atoms with Crippen LogP contribution in [0.4, 0.5) is 5.69 Å². The molecule has 0 aliphatic carbocycles. The van der Waals surface area contributed by atoms with Crippen molar-refractivity contribution in [3.63, 3.8) is 0 Å². The molecule has 0 bridgehead atoms. The highest BCUT2D eigenvalue weighted by Crippen LogP contribution is 2.22. The van der Waals surface area contributed by atoms with E-state index in [-0.39, 0.29) is 5.91 Å². The number of hydrogen-bond acceptors (Lipinski definition) is 4. The largest absolute Gasteiger partial charge is 0.323 e. The topological polar surface area (TPSA) is 65.8 Å². The molecule has 0 radical (unpaired) electrons. The van der Waals surface area contributed by atoms with Crippen molar-refractivity contribution in [3.8, 4) is 6.07 Å². The maximum absolute atomic E-state index is 12.2. The minimum absolute atomic E-state index is 0.239. The predicted molar refractivity (Wildman–Crippen MR) is 109 cm³/mol. The van der Waals surface area contributed by atoms with Crippen molar-refractivity contribution in [2.24, 2.45) is 0 Å². The van der Waals surface area contributed by atoms with E-state index >= 15 is 0 Å². The van der Waals surface area contributed by atoms with E-state index < -0.39 is 0 Å². The summed E-state index contributed by atoms with van der Waals surface area (Å²) in [6, 6.07) is 22.8.